The Kier molecular flexibility index (Phi) is 6.34. The second kappa shape index (κ2) is 9.62. The van der Waals surface area contributed by atoms with Crippen molar-refractivity contribution in [3.05, 3.63) is 107 Å². The zero-order valence-electron chi connectivity index (χ0n) is 21.5. The van der Waals surface area contributed by atoms with E-state index in [-0.39, 0.29) is 11.3 Å². The average molecular weight is 495 g/mol. The van der Waals surface area contributed by atoms with Gasteiger partial charge in [0.1, 0.15) is 5.58 Å². The third-order valence-electron chi connectivity index (χ3n) is 7.28. The van der Waals surface area contributed by atoms with Crippen molar-refractivity contribution < 1.29 is 19.1 Å². The normalized spacial score (nSPS) is 15.6. The van der Waals surface area contributed by atoms with Gasteiger partial charge in [0.2, 0.25) is 5.78 Å². The van der Waals surface area contributed by atoms with Crippen LogP contribution in [0.25, 0.3) is 11.0 Å². The first-order chi connectivity index (χ1) is 17.8. The SMILES string of the molecule is CCN(CC)c1ccc(C2C(C(=O)c3cc4ccccc4o3)=C(O)C(=O)N2c2cccc(C)c2C)cc1. The zero-order valence-corrected chi connectivity index (χ0v) is 21.5. The predicted molar refractivity (Wildman–Crippen MR) is 146 cm³/mol. The van der Waals surface area contributed by atoms with Gasteiger partial charge in [0.15, 0.2) is 11.5 Å². The number of carbonyl (C=O) groups excluding carboxylic acids is 2. The maximum Gasteiger partial charge on any atom is 0.294 e. The van der Waals surface area contributed by atoms with E-state index in [1.807, 2.05) is 74.5 Å². The number of aliphatic hydroxyl groups excluding tert-OH is 1. The van der Waals surface area contributed by atoms with E-state index in [0.29, 0.717) is 11.3 Å². The monoisotopic (exact) mass is 494 g/mol. The highest BCUT2D eigenvalue weighted by Gasteiger charge is 2.45. The van der Waals surface area contributed by atoms with E-state index in [1.54, 1.807) is 12.1 Å². The van der Waals surface area contributed by atoms with Crippen molar-refractivity contribution in [3.63, 3.8) is 0 Å². The largest absolute Gasteiger partial charge is 0.503 e. The molecule has 1 N–H and O–H groups in total. The Morgan fingerprint density at radius 3 is 2.35 bits per heavy atom. The molecule has 1 atom stereocenters. The van der Waals surface area contributed by atoms with Gasteiger partial charge in [-0.2, -0.15) is 0 Å². The molecule has 5 rings (SSSR count). The summed E-state index contributed by atoms with van der Waals surface area (Å²) in [6.45, 7) is 9.83. The molecule has 6 nitrogen and oxygen atoms in total. The minimum atomic E-state index is -0.806. The molecule has 0 radical (unpaired) electrons. The Balaban J connectivity index is 1.66. The lowest BCUT2D eigenvalue weighted by Gasteiger charge is -2.29. The van der Waals surface area contributed by atoms with Crippen LogP contribution in [0.5, 0.6) is 0 Å². The van der Waals surface area contributed by atoms with Crippen LogP contribution in [0, 0.1) is 13.8 Å². The van der Waals surface area contributed by atoms with Crippen molar-refractivity contribution in [1.29, 1.82) is 0 Å². The van der Waals surface area contributed by atoms with Crippen molar-refractivity contribution in [3.8, 4) is 0 Å². The number of aliphatic hydroxyl groups is 1. The van der Waals surface area contributed by atoms with Crippen LogP contribution < -0.4 is 9.80 Å². The first-order valence-electron chi connectivity index (χ1n) is 12.6. The van der Waals surface area contributed by atoms with Crippen LogP contribution in [0.2, 0.25) is 0 Å². The van der Waals surface area contributed by atoms with Gasteiger partial charge in [-0.3, -0.25) is 14.5 Å². The van der Waals surface area contributed by atoms with Gasteiger partial charge in [0, 0.05) is 29.9 Å². The fourth-order valence-electron chi connectivity index (χ4n) is 5.08. The van der Waals surface area contributed by atoms with Gasteiger partial charge < -0.3 is 14.4 Å². The summed E-state index contributed by atoms with van der Waals surface area (Å²) in [5.41, 5.74) is 4.94. The number of fused-ring (bicyclic) bond motifs is 1. The molecule has 0 bridgehead atoms. The standard InChI is InChI=1S/C31H30N2O4/c1-5-32(6-2)23-16-14-21(15-17-23)28-27(29(34)26-18-22-11-7-8-13-25(22)37-26)30(35)31(36)33(28)24-12-9-10-19(3)20(24)4/h7-18,28,35H,5-6H2,1-4H3. The molecule has 0 fully saturated rings. The lowest BCUT2D eigenvalue weighted by Crippen LogP contribution is -2.31. The first kappa shape index (κ1) is 24.4. The van der Waals surface area contributed by atoms with Crippen LogP contribution in [-0.2, 0) is 4.79 Å². The van der Waals surface area contributed by atoms with Gasteiger partial charge >= 0.3 is 0 Å². The lowest BCUT2D eigenvalue weighted by molar-refractivity contribution is -0.117. The second-order valence-electron chi connectivity index (χ2n) is 9.30. The van der Waals surface area contributed by atoms with Crippen LogP contribution in [0.4, 0.5) is 11.4 Å². The Bertz CT molecular complexity index is 1490. The topological polar surface area (TPSA) is 74.0 Å². The molecule has 0 saturated carbocycles. The number of Topliss-reactive ketones (excluding diaryl/α,β-unsaturated/α-hetero) is 1. The van der Waals surface area contributed by atoms with Gasteiger partial charge in [-0.25, -0.2) is 0 Å². The number of rotatable bonds is 7. The average Bonchev–Trinajstić information content (AvgIpc) is 3.46. The molecule has 1 aliphatic heterocycles. The number of amides is 1. The maximum absolute atomic E-state index is 13.9. The Labute approximate surface area is 216 Å². The number of hydrogen-bond acceptors (Lipinski definition) is 5. The maximum atomic E-state index is 13.9. The summed E-state index contributed by atoms with van der Waals surface area (Å²) in [6, 6.07) is 21.7. The molecular weight excluding hydrogens is 464 g/mol. The van der Waals surface area contributed by atoms with Crippen LogP contribution in [-0.4, -0.2) is 29.9 Å². The number of aryl methyl sites for hydroxylation is 1. The smallest absolute Gasteiger partial charge is 0.294 e. The Morgan fingerprint density at radius 2 is 1.68 bits per heavy atom. The summed E-state index contributed by atoms with van der Waals surface area (Å²) in [5.74, 6) is -1.58. The van der Waals surface area contributed by atoms with E-state index in [1.165, 1.54) is 4.90 Å². The summed E-state index contributed by atoms with van der Waals surface area (Å²) < 4.78 is 5.84. The van der Waals surface area contributed by atoms with E-state index < -0.39 is 23.5 Å². The number of nitrogens with zero attached hydrogens (tertiary/aromatic N) is 2. The number of para-hydroxylation sites is 1. The molecule has 6 heteroatoms. The number of anilines is 2. The van der Waals surface area contributed by atoms with Crippen molar-refractivity contribution in [2.24, 2.45) is 0 Å². The molecule has 1 aromatic heterocycles. The fraction of sp³-hybridized carbons (Fsp3) is 0.226. The molecule has 0 spiro atoms. The lowest BCUT2D eigenvalue weighted by atomic mass is 9.94. The van der Waals surface area contributed by atoms with Crippen LogP contribution in [0.1, 0.15) is 47.1 Å². The van der Waals surface area contributed by atoms with E-state index in [0.717, 1.165) is 40.9 Å². The highest BCUT2D eigenvalue weighted by atomic mass is 16.3. The minimum absolute atomic E-state index is 0.0144. The third-order valence-corrected chi connectivity index (χ3v) is 7.28. The summed E-state index contributed by atoms with van der Waals surface area (Å²) in [5, 5.41) is 11.9. The van der Waals surface area contributed by atoms with Crippen molar-refractivity contribution in [2.75, 3.05) is 22.9 Å². The fourth-order valence-corrected chi connectivity index (χ4v) is 5.08. The van der Waals surface area contributed by atoms with Crippen molar-refractivity contribution in [2.45, 2.75) is 33.7 Å². The highest BCUT2D eigenvalue weighted by Crippen LogP contribution is 2.44. The molecule has 188 valence electrons. The van der Waals surface area contributed by atoms with E-state index >= 15 is 0 Å². The van der Waals surface area contributed by atoms with Gasteiger partial charge in [0.05, 0.1) is 11.6 Å². The number of ketones is 1. The van der Waals surface area contributed by atoms with Crippen molar-refractivity contribution in [1.82, 2.24) is 0 Å². The van der Waals surface area contributed by atoms with Crippen molar-refractivity contribution >= 4 is 34.0 Å². The quantitative estimate of drug-likeness (QED) is 0.290. The van der Waals surface area contributed by atoms with E-state index in [2.05, 4.69) is 18.7 Å². The Hall–Kier alpha value is -4.32. The minimum Gasteiger partial charge on any atom is -0.503 e. The molecule has 4 aromatic rings. The van der Waals surface area contributed by atoms with Crippen LogP contribution >= 0.6 is 0 Å². The van der Waals surface area contributed by atoms with Gasteiger partial charge in [-0.15, -0.1) is 0 Å². The molecule has 1 unspecified atom stereocenters. The number of benzene rings is 3. The number of furan rings is 1. The summed E-state index contributed by atoms with van der Waals surface area (Å²) >= 11 is 0. The first-order valence-corrected chi connectivity index (χ1v) is 12.6. The van der Waals surface area contributed by atoms with Gasteiger partial charge in [-0.05, 0) is 74.7 Å². The van der Waals surface area contributed by atoms with E-state index in [9.17, 15) is 14.7 Å². The Morgan fingerprint density at radius 1 is 0.973 bits per heavy atom. The molecule has 1 amide bonds. The molecule has 2 heterocycles. The molecule has 0 saturated heterocycles. The summed E-state index contributed by atoms with van der Waals surface area (Å²) in [7, 11) is 0. The third kappa shape index (κ3) is 4.08. The van der Waals surface area contributed by atoms with Gasteiger partial charge in [-0.1, -0.05) is 42.5 Å². The summed E-state index contributed by atoms with van der Waals surface area (Å²) in [6.07, 6.45) is 0. The zero-order chi connectivity index (χ0) is 26.3. The number of hydrogen-bond donors (Lipinski definition) is 1. The molecule has 3 aromatic carbocycles. The molecular formula is C31H30N2O4. The highest BCUT2D eigenvalue weighted by molar-refractivity contribution is 6.20. The van der Waals surface area contributed by atoms with Crippen LogP contribution in [0.3, 0.4) is 0 Å². The molecule has 37 heavy (non-hydrogen) atoms. The van der Waals surface area contributed by atoms with Gasteiger partial charge in [0.25, 0.3) is 5.91 Å². The van der Waals surface area contributed by atoms with Crippen LogP contribution in [0.15, 0.2) is 88.5 Å². The molecule has 1 aliphatic rings. The number of carbonyl (C=O) groups is 2. The van der Waals surface area contributed by atoms with E-state index in [4.69, 9.17) is 4.42 Å². The second-order valence-corrected chi connectivity index (χ2v) is 9.30. The predicted octanol–water partition coefficient (Wildman–Crippen LogP) is 6.68. The molecule has 0 aliphatic carbocycles. The summed E-state index contributed by atoms with van der Waals surface area (Å²) in [4.78, 5) is 31.2.